The van der Waals surface area contributed by atoms with Gasteiger partial charge in [-0.1, -0.05) is 66.0 Å². The summed E-state index contributed by atoms with van der Waals surface area (Å²) in [7, 11) is 0. The molecule has 0 aliphatic rings. The average Bonchev–Trinajstić information content (AvgIpc) is 2.29. The van der Waals surface area contributed by atoms with Crippen molar-refractivity contribution in [3.63, 3.8) is 0 Å². The van der Waals surface area contributed by atoms with Crippen LogP contribution in [-0.4, -0.2) is 0 Å². The first-order valence-electron chi connectivity index (χ1n) is 5.29. The Kier molecular flexibility index (Phi) is 3.98. The van der Waals surface area contributed by atoms with Crippen molar-refractivity contribution < 1.29 is 0 Å². The van der Waals surface area contributed by atoms with E-state index in [1.807, 2.05) is 49.4 Å². The SMILES string of the molecule is CC(c1ccccc1Cl)c1c(Cl)cccc1Cl. The second-order valence-corrected chi connectivity index (χ2v) is 5.10. The first kappa shape index (κ1) is 12.8. The van der Waals surface area contributed by atoms with Gasteiger partial charge in [0.15, 0.2) is 0 Å². The minimum absolute atomic E-state index is 0.0740. The van der Waals surface area contributed by atoms with E-state index in [0.29, 0.717) is 10.0 Å². The van der Waals surface area contributed by atoms with Gasteiger partial charge in [-0.25, -0.2) is 0 Å². The molecule has 0 aromatic heterocycles. The average molecular weight is 286 g/mol. The zero-order valence-electron chi connectivity index (χ0n) is 9.25. The molecule has 0 aliphatic carbocycles. The van der Waals surface area contributed by atoms with Gasteiger partial charge in [-0.15, -0.1) is 0 Å². The number of hydrogen-bond donors (Lipinski definition) is 0. The molecule has 2 rings (SSSR count). The summed E-state index contributed by atoms with van der Waals surface area (Å²) in [5, 5.41) is 2.07. The fourth-order valence-corrected chi connectivity index (χ4v) is 2.93. The summed E-state index contributed by atoms with van der Waals surface area (Å²) in [5.74, 6) is 0.0740. The molecule has 0 heterocycles. The van der Waals surface area contributed by atoms with Crippen LogP contribution in [0.2, 0.25) is 15.1 Å². The highest BCUT2D eigenvalue weighted by Crippen LogP contribution is 2.37. The second kappa shape index (κ2) is 5.30. The molecule has 0 saturated heterocycles. The van der Waals surface area contributed by atoms with Crippen LogP contribution in [0.1, 0.15) is 24.0 Å². The lowest BCUT2D eigenvalue weighted by molar-refractivity contribution is 0.923. The smallest absolute Gasteiger partial charge is 0.0458 e. The van der Waals surface area contributed by atoms with E-state index in [4.69, 9.17) is 34.8 Å². The highest BCUT2D eigenvalue weighted by molar-refractivity contribution is 6.36. The van der Waals surface area contributed by atoms with E-state index < -0.39 is 0 Å². The van der Waals surface area contributed by atoms with Crippen molar-refractivity contribution in [1.82, 2.24) is 0 Å². The Labute approximate surface area is 116 Å². The van der Waals surface area contributed by atoms with Crippen LogP contribution < -0.4 is 0 Å². The lowest BCUT2D eigenvalue weighted by Gasteiger charge is -2.17. The van der Waals surface area contributed by atoms with Gasteiger partial charge >= 0.3 is 0 Å². The normalized spacial score (nSPS) is 12.5. The van der Waals surface area contributed by atoms with Gasteiger partial charge in [-0.2, -0.15) is 0 Å². The van der Waals surface area contributed by atoms with E-state index in [1.54, 1.807) is 0 Å². The zero-order valence-corrected chi connectivity index (χ0v) is 11.5. The molecule has 0 aliphatic heterocycles. The highest BCUT2D eigenvalue weighted by Gasteiger charge is 2.17. The van der Waals surface area contributed by atoms with E-state index in [0.717, 1.165) is 16.1 Å². The molecule has 0 fully saturated rings. The molecular formula is C14H11Cl3. The lowest BCUT2D eigenvalue weighted by Crippen LogP contribution is -1.99. The maximum atomic E-state index is 6.20. The van der Waals surface area contributed by atoms with Crippen molar-refractivity contribution in [3.05, 3.63) is 68.7 Å². The van der Waals surface area contributed by atoms with Crippen LogP contribution in [0.4, 0.5) is 0 Å². The van der Waals surface area contributed by atoms with Gasteiger partial charge in [-0.3, -0.25) is 0 Å². The molecule has 0 saturated carbocycles. The molecule has 0 spiro atoms. The minimum Gasteiger partial charge on any atom is -0.0840 e. The summed E-state index contributed by atoms with van der Waals surface area (Å²) >= 11 is 18.6. The standard InChI is InChI=1S/C14H11Cl3/c1-9(10-5-2-3-6-11(10)15)14-12(16)7-4-8-13(14)17/h2-9H,1H3. The minimum atomic E-state index is 0.0740. The third kappa shape index (κ3) is 2.60. The number of rotatable bonds is 2. The Morgan fingerprint density at radius 3 is 1.88 bits per heavy atom. The number of hydrogen-bond acceptors (Lipinski definition) is 0. The predicted molar refractivity (Wildman–Crippen MR) is 75.4 cm³/mol. The van der Waals surface area contributed by atoms with Crippen molar-refractivity contribution in [1.29, 1.82) is 0 Å². The maximum absolute atomic E-state index is 6.20. The summed E-state index contributed by atoms with van der Waals surface area (Å²) in [6.07, 6.45) is 0. The van der Waals surface area contributed by atoms with E-state index in [9.17, 15) is 0 Å². The first-order valence-corrected chi connectivity index (χ1v) is 6.43. The van der Waals surface area contributed by atoms with Crippen molar-refractivity contribution in [3.8, 4) is 0 Å². The topological polar surface area (TPSA) is 0 Å². The number of benzene rings is 2. The van der Waals surface area contributed by atoms with Crippen molar-refractivity contribution in [2.24, 2.45) is 0 Å². The van der Waals surface area contributed by atoms with Crippen LogP contribution in [0.25, 0.3) is 0 Å². The van der Waals surface area contributed by atoms with Crippen LogP contribution in [0.3, 0.4) is 0 Å². The summed E-state index contributed by atoms with van der Waals surface area (Å²) in [5.41, 5.74) is 1.95. The van der Waals surface area contributed by atoms with E-state index in [-0.39, 0.29) is 5.92 Å². The zero-order chi connectivity index (χ0) is 12.4. The molecule has 0 nitrogen and oxygen atoms in total. The molecule has 1 atom stereocenters. The van der Waals surface area contributed by atoms with Crippen LogP contribution in [0.5, 0.6) is 0 Å². The molecule has 0 bridgehead atoms. The summed E-state index contributed by atoms with van der Waals surface area (Å²) in [4.78, 5) is 0. The van der Waals surface area contributed by atoms with Crippen molar-refractivity contribution in [2.75, 3.05) is 0 Å². The van der Waals surface area contributed by atoms with Crippen LogP contribution in [0, 0.1) is 0 Å². The Hall–Kier alpha value is -0.690. The molecule has 88 valence electrons. The molecule has 0 N–H and O–H groups in total. The van der Waals surface area contributed by atoms with Crippen LogP contribution in [-0.2, 0) is 0 Å². The van der Waals surface area contributed by atoms with Crippen LogP contribution >= 0.6 is 34.8 Å². The predicted octanol–water partition coefficient (Wildman–Crippen LogP) is 5.80. The molecule has 0 radical (unpaired) electrons. The molecule has 3 heteroatoms. The molecule has 17 heavy (non-hydrogen) atoms. The molecule has 1 unspecified atom stereocenters. The van der Waals surface area contributed by atoms with Gasteiger partial charge < -0.3 is 0 Å². The number of halogens is 3. The molecule has 0 amide bonds. The Balaban J connectivity index is 2.51. The summed E-state index contributed by atoms with van der Waals surface area (Å²) in [6, 6.07) is 13.3. The largest absolute Gasteiger partial charge is 0.0840 e. The molecule has 2 aromatic carbocycles. The monoisotopic (exact) mass is 284 g/mol. The van der Waals surface area contributed by atoms with Gasteiger partial charge in [0.1, 0.15) is 0 Å². The summed E-state index contributed by atoms with van der Waals surface area (Å²) < 4.78 is 0. The van der Waals surface area contributed by atoms with Crippen molar-refractivity contribution in [2.45, 2.75) is 12.8 Å². The Morgan fingerprint density at radius 1 is 0.765 bits per heavy atom. The quantitative estimate of drug-likeness (QED) is 0.654. The Morgan fingerprint density at radius 2 is 1.29 bits per heavy atom. The fourth-order valence-electron chi connectivity index (χ4n) is 1.91. The highest BCUT2D eigenvalue weighted by atomic mass is 35.5. The van der Waals surface area contributed by atoms with E-state index >= 15 is 0 Å². The molecular weight excluding hydrogens is 275 g/mol. The van der Waals surface area contributed by atoms with Gasteiger partial charge in [-0.05, 0) is 29.3 Å². The van der Waals surface area contributed by atoms with Gasteiger partial charge in [0, 0.05) is 21.0 Å². The van der Waals surface area contributed by atoms with Crippen LogP contribution in [0.15, 0.2) is 42.5 Å². The second-order valence-electron chi connectivity index (χ2n) is 3.88. The molecule has 2 aromatic rings. The lowest BCUT2D eigenvalue weighted by atomic mass is 9.93. The maximum Gasteiger partial charge on any atom is 0.0458 e. The van der Waals surface area contributed by atoms with Gasteiger partial charge in [0.25, 0.3) is 0 Å². The van der Waals surface area contributed by atoms with Gasteiger partial charge in [0.2, 0.25) is 0 Å². The van der Waals surface area contributed by atoms with Gasteiger partial charge in [0.05, 0.1) is 0 Å². The third-order valence-electron chi connectivity index (χ3n) is 2.80. The summed E-state index contributed by atoms with van der Waals surface area (Å²) in [6.45, 7) is 2.05. The van der Waals surface area contributed by atoms with E-state index in [1.165, 1.54) is 0 Å². The van der Waals surface area contributed by atoms with E-state index in [2.05, 4.69) is 0 Å². The third-order valence-corrected chi connectivity index (χ3v) is 3.81. The Bertz CT molecular complexity index is 514. The van der Waals surface area contributed by atoms with Crippen molar-refractivity contribution >= 4 is 34.8 Å². The first-order chi connectivity index (χ1) is 8.11. The fraction of sp³-hybridized carbons (Fsp3) is 0.143.